The molecule has 1 N–H and O–H groups in total. The number of ether oxygens (including phenoxy) is 2. The van der Waals surface area contributed by atoms with E-state index in [2.05, 4.69) is 0 Å². The molecule has 0 amide bonds. The maximum atomic E-state index is 9.94. The molecule has 1 saturated carbocycles. The van der Waals surface area contributed by atoms with E-state index in [1.54, 1.807) is 0 Å². The van der Waals surface area contributed by atoms with E-state index in [9.17, 15) is 5.11 Å². The Morgan fingerprint density at radius 2 is 2.21 bits per heavy atom. The van der Waals surface area contributed by atoms with Crippen molar-refractivity contribution in [3.05, 3.63) is 0 Å². The van der Waals surface area contributed by atoms with Gasteiger partial charge in [-0.25, -0.2) is 0 Å². The van der Waals surface area contributed by atoms with Crippen molar-refractivity contribution in [1.82, 2.24) is 0 Å². The van der Waals surface area contributed by atoms with Crippen LogP contribution in [-0.2, 0) is 9.47 Å². The molecule has 2 saturated heterocycles. The molecule has 3 fully saturated rings. The van der Waals surface area contributed by atoms with Gasteiger partial charge in [0, 0.05) is 12.3 Å². The van der Waals surface area contributed by atoms with E-state index in [0.29, 0.717) is 5.92 Å². The van der Waals surface area contributed by atoms with E-state index >= 15 is 0 Å². The quantitative estimate of drug-likeness (QED) is 0.640. The Balaban J connectivity index is 1.93. The van der Waals surface area contributed by atoms with Gasteiger partial charge in [-0.1, -0.05) is 12.8 Å². The van der Waals surface area contributed by atoms with Crippen LogP contribution in [0, 0.1) is 5.92 Å². The van der Waals surface area contributed by atoms with Gasteiger partial charge >= 0.3 is 0 Å². The van der Waals surface area contributed by atoms with E-state index in [1.807, 2.05) is 6.92 Å². The van der Waals surface area contributed by atoms with Gasteiger partial charge in [0.15, 0.2) is 5.79 Å². The molecule has 3 aliphatic rings. The molecule has 2 bridgehead atoms. The van der Waals surface area contributed by atoms with E-state index < -0.39 is 11.9 Å². The van der Waals surface area contributed by atoms with Crippen LogP contribution in [0.15, 0.2) is 0 Å². The van der Waals surface area contributed by atoms with Crippen LogP contribution < -0.4 is 0 Å². The van der Waals surface area contributed by atoms with Crippen molar-refractivity contribution in [2.45, 2.75) is 56.5 Å². The van der Waals surface area contributed by atoms with Gasteiger partial charge in [-0.05, 0) is 19.8 Å². The van der Waals surface area contributed by atoms with Crippen LogP contribution in [0.5, 0.6) is 0 Å². The smallest absolute Gasteiger partial charge is 0.192 e. The summed E-state index contributed by atoms with van der Waals surface area (Å²) in [5.74, 6) is -0.199. The fourth-order valence-electron chi connectivity index (χ4n) is 3.34. The molecule has 3 nitrogen and oxygen atoms in total. The van der Waals surface area contributed by atoms with Crippen LogP contribution in [0.4, 0.5) is 0 Å². The van der Waals surface area contributed by atoms with Crippen molar-refractivity contribution in [2.24, 2.45) is 5.92 Å². The van der Waals surface area contributed by atoms with Crippen LogP contribution >= 0.6 is 0 Å². The molecule has 14 heavy (non-hydrogen) atoms. The van der Waals surface area contributed by atoms with Gasteiger partial charge < -0.3 is 14.6 Å². The summed E-state index contributed by atoms with van der Waals surface area (Å²) in [5, 5.41) is 9.94. The van der Waals surface area contributed by atoms with Crippen molar-refractivity contribution in [3.8, 4) is 0 Å². The molecular weight excluding hydrogens is 180 g/mol. The lowest BCUT2D eigenvalue weighted by molar-refractivity contribution is -0.322. The molecule has 1 aliphatic carbocycles. The molecule has 1 spiro atoms. The minimum Gasteiger partial charge on any atom is -0.387 e. The lowest BCUT2D eigenvalue weighted by atomic mass is 9.74. The third kappa shape index (κ3) is 1.03. The summed E-state index contributed by atoms with van der Waals surface area (Å²) in [6, 6.07) is 0. The average molecular weight is 198 g/mol. The second kappa shape index (κ2) is 2.71. The molecule has 2 heterocycles. The normalized spacial score (nSPS) is 57.0. The number of aliphatic hydroxyl groups is 1. The van der Waals surface area contributed by atoms with Crippen LogP contribution in [0.25, 0.3) is 0 Å². The summed E-state index contributed by atoms with van der Waals surface area (Å²) in [5.41, 5.74) is -0.0509. The van der Waals surface area contributed by atoms with E-state index in [0.717, 1.165) is 19.4 Å². The zero-order valence-corrected chi connectivity index (χ0v) is 8.66. The highest BCUT2D eigenvalue weighted by Gasteiger charge is 2.61. The lowest BCUT2D eigenvalue weighted by Gasteiger charge is -2.46. The number of aliphatic hydroxyl groups excluding tert-OH is 1. The van der Waals surface area contributed by atoms with E-state index in [4.69, 9.17) is 9.47 Å². The Hall–Kier alpha value is -0.120. The van der Waals surface area contributed by atoms with Crippen molar-refractivity contribution >= 4 is 0 Å². The first kappa shape index (κ1) is 9.13. The van der Waals surface area contributed by atoms with Gasteiger partial charge in [-0.15, -0.1) is 0 Å². The Morgan fingerprint density at radius 1 is 1.36 bits per heavy atom. The molecule has 3 rings (SSSR count). The molecule has 4 atom stereocenters. The highest BCUT2D eigenvalue weighted by Crippen LogP contribution is 2.53. The summed E-state index contributed by atoms with van der Waals surface area (Å²) >= 11 is 0. The maximum absolute atomic E-state index is 9.94. The minimum absolute atomic E-state index is 0.0509. The standard InChI is InChI=1S/C11H18O3/c1-10-9(12)6-11(14-10)5-3-2-4-8(11)7-13-10/h8-9,12H,2-7H2,1H3/t8-,9-,10-,11+/m0/s1. The first-order chi connectivity index (χ1) is 6.65. The van der Waals surface area contributed by atoms with Gasteiger partial charge in [0.05, 0.1) is 12.2 Å². The van der Waals surface area contributed by atoms with E-state index in [-0.39, 0.29) is 5.60 Å². The monoisotopic (exact) mass is 198 g/mol. The lowest BCUT2D eigenvalue weighted by Crippen LogP contribution is -2.51. The van der Waals surface area contributed by atoms with Crippen molar-refractivity contribution in [1.29, 1.82) is 0 Å². The minimum atomic E-state index is -0.714. The topological polar surface area (TPSA) is 38.7 Å². The molecule has 0 aromatic rings. The van der Waals surface area contributed by atoms with Crippen molar-refractivity contribution in [2.75, 3.05) is 6.61 Å². The predicted octanol–water partition coefficient (Wildman–Crippen LogP) is 1.44. The SMILES string of the molecule is C[C@@]12OC[C@@H]3CCCC[C@]3(C[C@@H]1O)O2. The Kier molecular flexibility index (Phi) is 1.77. The molecule has 3 heteroatoms. The van der Waals surface area contributed by atoms with Gasteiger partial charge in [-0.3, -0.25) is 0 Å². The van der Waals surface area contributed by atoms with Crippen molar-refractivity contribution < 1.29 is 14.6 Å². The summed E-state index contributed by atoms with van der Waals surface area (Å²) in [6.07, 6.45) is 5.15. The zero-order valence-electron chi connectivity index (χ0n) is 8.66. The highest BCUT2D eigenvalue weighted by molar-refractivity contribution is 5.05. The first-order valence-electron chi connectivity index (χ1n) is 5.67. The van der Waals surface area contributed by atoms with Gasteiger partial charge in [0.25, 0.3) is 0 Å². The molecule has 2 aliphatic heterocycles. The Bertz CT molecular complexity index is 255. The predicted molar refractivity (Wildman–Crippen MR) is 50.8 cm³/mol. The molecule has 0 radical (unpaired) electrons. The van der Waals surface area contributed by atoms with Crippen molar-refractivity contribution in [3.63, 3.8) is 0 Å². The van der Waals surface area contributed by atoms with Gasteiger partial charge in [-0.2, -0.15) is 0 Å². The number of rotatable bonds is 0. The highest BCUT2D eigenvalue weighted by atomic mass is 16.7. The third-order valence-corrected chi connectivity index (χ3v) is 4.27. The summed E-state index contributed by atoms with van der Waals surface area (Å²) in [4.78, 5) is 0. The van der Waals surface area contributed by atoms with Crippen LogP contribution in [0.3, 0.4) is 0 Å². The second-order valence-corrected chi connectivity index (χ2v) is 5.16. The Labute approximate surface area is 84.4 Å². The average Bonchev–Trinajstić information content (AvgIpc) is 2.34. The third-order valence-electron chi connectivity index (χ3n) is 4.27. The van der Waals surface area contributed by atoms with E-state index in [1.165, 1.54) is 19.3 Å². The summed E-state index contributed by atoms with van der Waals surface area (Å²) < 4.78 is 11.7. The zero-order chi connectivity index (χ0) is 9.81. The molecule has 0 aromatic carbocycles. The van der Waals surface area contributed by atoms with Crippen LogP contribution in [0.2, 0.25) is 0 Å². The van der Waals surface area contributed by atoms with Crippen LogP contribution in [-0.4, -0.2) is 29.2 Å². The summed E-state index contributed by atoms with van der Waals surface area (Å²) in [7, 11) is 0. The molecular formula is C11H18O3. The fraction of sp³-hybridized carbons (Fsp3) is 1.00. The first-order valence-corrected chi connectivity index (χ1v) is 5.67. The fourth-order valence-corrected chi connectivity index (χ4v) is 3.34. The van der Waals surface area contributed by atoms with Gasteiger partial charge in [0.2, 0.25) is 0 Å². The molecule has 80 valence electrons. The second-order valence-electron chi connectivity index (χ2n) is 5.16. The number of hydrogen-bond acceptors (Lipinski definition) is 3. The Morgan fingerprint density at radius 3 is 3.07 bits per heavy atom. The van der Waals surface area contributed by atoms with Gasteiger partial charge in [0.1, 0.15) is 6.10 Å². The maximum Gasteiger partial charge on any atom is 0.192 e. The van der Waals surface area contributed by atoms with Crippen LogP contribution in [0.1, 0.15) is 39.0 Å². The molecule has 0 unspecified atom stereocenters. The number of hydrogen-bond donors (Lipinski definition) is 1. The number of fused-ring (bicyclic) bond motifs is 1. The summed E-state index contributed by atoms with van der Waals surface area (Å²) in [6.45, 7) is 2.64. The molecule has 0 aromatic heterocycles. The largest absolute Gasteiger partial charge is 0.387 e.